The number of aromatic nitrogens is 7. The van der Waals surface area contributed by atoms with E-state index in [0.717, 1.165) is 46.5 Å². The highest BCUT2D eigenvalue weighted by molar-refractivity contribution is 5.80. The van der Waals surface area contributed by atoms with Gasteiger partial charge in [0, 0.05) is 12.0 Å². The lowest BCUT2D eigenvalue weighted by Gasteiger charge is -2.10. The Labute approximate surface area is 209 Å². The van der Waals surface area contributed by atoms with E-state index in [0.29, 0.717) is 24.8 Å². The summed E-state index contributed by atoms with van der Waals surface area (Å²) in [4.78, 5) is 13.3. The number of H-pyrrole nitrogens is 1. The van der Waals surface area contributed by atoms with E-state index in [9.17, 15) is 4.79 Å². The first-order valence-corrected chi connectivity index (χ1v) is 12.2. The predicted molar refractivity (Wildman–Crippen MR) is 139 cm³/mol. The second-order valence-electron chi connectivity index (χ2n) is 9.34. The van der Waals surface area contributed by atoms with Crippen molar-refractivity contribution in [2.45, 2.75) is 39.8 Å². The predicted octanol–water partition coefficient (Wildman–Crippen LogP) is 4.58. The number of benzene rings is 3. The van der Waals surface area contributed by atoms with Crippen LogP contribution in [0.1, 0.15) is 37.2 Å². The smallest absolute Gasteiger partial charge is 0.274 e. The van der Waals surface area contributed by atoms with Crippen molar-refractivity contribution in [2.75, 3.05) is 0 Å². The van der Waals surface area contributed by atoms with Gasteiger partial charge in [-0.3, -0.25) is 4.57 Å². The third-order valence-electron chi connectivity index (χ3n) is 6.24. The van der Waals surface area contributed by atoms with Gasteiger partial charge in [-0.15, -0.1) is 10.2 Å². The summed E-state index contributed by atoms with van der Waals surface area (Å²) in [6.45, 7) is 5.32. The molecule has 3 aromatic carbocycles. The van der Waals surface area contributed by atoms with Crippen LogP contribution in [-0.2, 0) is 19.5 Å². The average molecular weight is 480 g/mol. The second-order valence-corrected chi connectivity index (χ2v) is 9.34. The van der Waals surface area contributed by atoms with Gasteiger partial charge in [-0.2, -0.15) is 10.3 Å². The molecule has 5 aromatic rings. The molecule has 36 heavy (non-hydrogen) atoms. The molecule has 0 atom stereocenters. The number of nitrogens with one attached hydrogen (secondary N) is 1. The first kappa shape index (κ1) is 23.4. The van der Waals surface area contributed by atoms with Crippen molar-refractivity contribution in [3.63, 3.8) is 0 Å². The topological polar surface area (TPSA) is 94.3 Å². The maximum absolute atomic E-state index is 13.3. The van der Waals surface area contributed by atoms with Gasteiger partial charge in [-0.25, -0.2) is 9.48 Å². The van der Waals surface area contributed by atoms with Crippen LogP contribution in [0.2, 0.25) is 0 Å². The van der Waals surface area contributed by atoms with Crippen molar-refractivity contribution in [3.05, 3.63) is 106 Å². The lowest BCUT2D eigenvalue weighted by molar-refractivity contribution is 0.557. The van der Waals surface area contributed by atoms with Crippen molar-refractivity contribution in [1.29, 1.82) is 0 Å². The normalized spacial score (nSPS) is 11.3. The molecule has 182 valence electrons. The molecule has 0 bridgehead atoms. The first-order valence-electron chi connectivity index (χ1n) is 12.2. The molecule has 0 aliphatic carbocycles. The Hall–Kier alpha value is -4.33. The van der Waals surface area contributed by atoms with Crippen LogP contribution in [-0.4, -0.2) is 35.0 Å². The molecule has 0 saturated heterocycles. The highest BCUT2D eigenvalue weighted by Crippen LogP contribution is 2.29. The van der Waals surface area contributed by atoms with Gasteiger partial charge in [0.05, 0.1) is 13.1 Å². The lowest BCUT2D eigenvalue weighted by atomic mass is 9.98. The SMILES string of the molecule is CC(C)CCc1nn(Cc2ccccc2)c(=O)n1Cc1ccc(-c2ccccc2-c2nn[nH]n2)cc1. The Morgan fingerprint density at radius 2 is 1.53 bits per heavy atom. The number of aromatic amines is 1. The highest BCUT2D eigenvalue weighted by Gasteiger charge is 2.15. The Balaban J connectivity index is 1.42. The summed E-state index contributed by atoms with van der Waals surface area (Å²) in [5, 5.41) is 19.2. The zero-order chi connectivity index (χ0) is 24.9. The Morgan fingerprint density at radius 3 is 2.22 bits per heavy atom. The molecule has 0 aliphatic heterocycles. The van der Waals surface area contributed by atoms with Gasteiger partial charge in [0.1, 0.15) is 5.82 Å². The molecule has 0 radical (unpaired) electrons. The van der Waals surface area contributed by atoms with E-state index >= 15 is 0 Å². The van der Waals surface area contributed by atoms with Gasteiger partial charge >= 0.3 is 5.69 Å². The quantitative estimate of drug-likeness (QED) is 0.334. The number of rotatable bonds is 9. The number of hydrogen-bond acceptors (Lipinski definition) is 5. The van der Waals surface area contributed by atoms with Crippen molar-refractivity contribution in [2.24, 2.45) is 5.92 Å². The van der Waals surface area contributed by atoms with E-state index in [2.05, 4.69) is 58.7 Å². The zero-order valence-electron chi connectivity index (χ0n) is 20.5. The molecular weight excluding hydrogens is 450 g/mol. The van der Waals surface area contributed by atoms with E-state index in [1.165, 1.54) is 0 Å². The molecule has 0 fully saturated rings. The fourth-order valence-corrected chi connectivity index (χ4v) is 4.28. The Kier molecular flexibility index (Phi) is 6.84. The minimum Gasteiger partial charge on any atom is -0.274 e. The largest absolute Gasteiger partial charge is 0.346 e. The molecule has 2 aromatic heterocycles. The van der Waals surface area contributed by atoms with E-state index < -0.39 is 0 Å². The molecule has 8 nitrogen and oxygen atoms in total. The maximum Gasteiger partial charge on any atom is 0.346 e. The van der Waals surface area contributed by atoms with Gasteiger partial charge in [-0.1, -0.05) is 92.7 Å². The van der Waals surface area contributed by atoms with Crippen LogP contribution in [0, 0.1) is 5.92 Å². The molecule has 0 spiro atoms. The Bertz CT molecular complexity index is 1470. The molecule has 0 saturated carbocycles. The monoisotopic (exact) mass is 479 g/mol. The first-order chi connectivity index (χ1) is 17.6. The van der Waals surface area contributed by atoms with Crippen molar-refractivity contribution < 1.29 is 0 Å². The molecule has 0 aliphatic rings. The number of hydrogen-bond donors (Lipinski definition) is 1. The summed E-state index contributed by atoms with van der Waals surface area (Å²) in [6, 6.07) is 26.2. The van der Waals surface area contributed by atoms with Crippen LogP contribution in [0.15, 0.2) is 83.7 Å². The van der Waals surface area contributed by atoms with E-state index in [4.69, 9.17) is 5.10 Å². The van der Waals surface area contributed by atoms with Crippen molar-refractivity contribution in [1.82, 2.24) is 35.0 Å². The number of tetrazole rings is 1. The number of nitrogens with zero attached hydrogens (tertiary/aromatic N) is 6. The van der Waals surface area contributed by atoms with Gasteiger partial charge < -0.3 is 0 Å². The molecule has 2 heterocycles. The molecule has 8 heteroatoms. The van der Waals surface area contributed by atoms with Crippen molar-refractivity contribution in [3.8, 4) is 22.5 Å². The van der Waals surface area contributed by atoms with Crippen LogP contribution in [0.3, 0.4) is 0 Å². The highest BCUT2D eigenvalue weighted by atomic mass is 16.2. The van der Waals surface area contributed by atoms with Crippen molar-refractivity contribution >= 4 is 0 Å². The van der Waals surface area contributed by atoms with Crippen LogP contribution in [0.4, 0.5) is 0 Å². The zero-order valence-corrected chi connectivity index (χ0v) is 20.5. The van der Waals surface area contributed by atoms with Crippen LogP contribution in [0.25, 0.3) is 22.5 Å². The Morgan fingerprint density at radius 1 is 0.833 bits per heavy atom. The molecule has 5 rings (SSSR count). The molecule has 0 amide bonds. The summed E-state index contributed by atoms with van der Waals surface area (Å²) >= 11 is 0. The summed E-state index contributed by atoms with van der Waals surface area (Å²) in [5.74, 6) is 1.92. The molecule has 1 N–H and O–H groups in total. The third kappa shape index (κ3) is 5.17. The summed E-state index contributed by atoms with van der Waals surface area (Å²) < 4.78 is 3.40. The second kappa shape index (κ2) is 10.5. The number of aryl methyl sites for hydroxylation is 1. The van der Waals surface area contributed by atoms with Gasteiger partial charge in [-0.05, 0) is 39.8 Å². The standard InChI is InChI=1S/C28H29N7O/c1-20(2)12-17-26-31-35(19-21-8-4-3-5-9-21)28(36)34(26)18-22-13-15-23(16-14-22)24-10-6-7-11-25(24)27-29-32-33-30-27/h3-11,13-16,20H,12,17-19H2,1-2H3,(H,29,30,32,33). The third-order valence-corrected chi connectivity index (χ3v) is 6.24. The minimum absolute atomic E-state index is 0.0795. The fraction of sp³-hybridized carbons (Fsp3) is 0.250. The summed E-state index contributed by atoms with van der Waals surface area (Å²) in [7, 11) is 0. The summed E-state index contributed by atoms with van der Waals surface area (Å²) in [6.07, 6.45) is 1.75. The maximum atomic E-state index is 13.3. The lowest BCUT2D eigenvalue weighted by Crippen LogP contribution is -2.26. The average Bonchev–Trinajstić information content (AvgIpc) is 3.53. The van der Waals surface area contributed by atoms with E-state index in [-0.39, 0.29) is 5.69 Å². The van der Waals surface area contributed by atoms with Gasteiger partial charge in [0.25, 0.3) is 0 Å². The van der Waals surface area contributed by atoms with Gasteiger partial charge in [0.2, 0.25) is 5.82 Å². The fourth-order valence-electron chi connectivity index (χ4n) is 4.28. The van der Waals surface area contributed by atoms with E-state index in [1.807, 2.05) is 59.2 Å². The molecular formula is C28H29N7O. The van der Waals surface area contributed by atoms with E-state index in [1.54, 1.807) is 4.68 Å². The van der Waals surface area contributed by atoms with Crippen LogP contribution < -0.4 is 5.69 Å². The molecule has 0 unspecified atom stereocenters. The van der Waals surface area contributed by atoms with Gasteiger partial charge in [0.15, 0.2) is 0 Å². The van der Waals surface area contributed by atoms with Crippen LogP contribution in [0.5, 0.6) is 0 Å². The summed E-state index contributed by atoms with van der Waals surface area (Å²) in [5.41, 5.74) is 5.01. The van der Waals surface area contributed by atoms with Crippen LogP contribution >= 0.6 is 0 Å². The minimum atomic E-state index is -0.0795.